The number of nitrogens with zero attached hydrogens (tertiary/aromatic N) is 2. The number of aryl methyl sites for hydroxylation is 1. The number of hydrogen-bond donors (Lipinski definition) is 1. The number of hydrogen-bond acceptors (Lipinski definition) is 5. The zero-order valence-corrected chi connectivity index (χ0v) is 14.1. The Labute approximate surface area is 139 Å². The summed E-state index contributed by atoms with van der Waals surface area (Å²) < 4.78 is 5.40. The zero-order valence-electron chi connectivity index (χ0n) is 13.3. The molecule has 0 radical (unpaired) electrons. The molecular formula is C17H20N2O3S. The molecule has 1 N–H and O–H groups in total. The molecule has 0 saturated carbocycles. The largest absolute Gasteiger partial charge is 0.477 e. The molecule has 3 rings (SSSR count). The predicted molar refractivity (Wildman–Crippen MR) is 90.1 cm³/mol. The quantitative estimate of drug-likeness (QED) is 0.931. The van der Waals surface area contributed by atoms with E-state index in [-0.39, 0.29) is 0 Å². The first kappa shape index (κ1) is 16.1. The molecular weight excluding hydrogens is 312 g/mol. The fraction of sp³-hybridized carbons (Fsp3) is 0.412. The molecule has 1 aromatic carbocycles. The Morgan fingerprint density at radius 2 is 1.96 bits per heavy atom. The number of carboxylic acids is 1. The number of carbonyl (C=O) groups is 1. The minimum Gasteiger partial charge on any atom is -0.477 e. The summed E-state index contributed by atoms with van der Waals surface area (Å²) in [5.41, 5.74) is 2.79. The number of ether oxygens (including phenoxy) is 1. The van der Waals surface area contributed by atoms with Crippen molar-refractivity contribution in [3.05, 3.63) is 40.4 Å². The lowest BCUT2D eigenvalue weighted by molar-refractivity contribution is 0.0198. The molecule has 1 atom stereocenters. The summed E-state index contributed by atoms with van der Waals surface area (Å²) in [6, 6.07) is 8.60. The SMILES string of the molecule is Cc1nc(-c2ccc(C(C)N3CCOCC3)cc2)sc1C(=O)O. The topological polar surface area (TPSA) is 62.7 Å². The summed E-state index contributed by atoms with van der Waals surface area (Å²) in [5, 5.41) is 9.90. The minimum absolute atomic E-state index is 0.311. The Kier molecular flexibility index (Phi) is 4.75. The highest BCUT2D eigenvalue weighted by atomic mass is 32.1. The van der Waals surface area contributed by atoms with Crippen molar-refractivity contribution in [2.24, 2.45) is 0 Å². The molecule has 5 nitrogen and oxygen atoms in total. The first-order chi connectivity index (χ1) is 11.1. The third-order valence-electron chi connectivity index (χ3n) is 4.22. The number of thiazole rings is 1. The second-order valence-electron chi connectivity index (χ2n) is 5.69. The van der Waals surface area contributed by atoms with Crippen molar-refractivity contribution in [2.75, 3.05) is 26.3 Å². The minimum atomic E-state index is -0.913. The Morgan fingerprint density at radius 3 is 2.52 bits per heavy atom. The van der Waals surface area contributed by atoms with E-state index in [1.807, 2.05) is 12.1 Å². The highest BCUT2D eigenvalue weighted by Crippen LogP contribution is 2.30. The van der Waals surface area contributed by atoms with Gasteiger partial charge in [0.25, 0.3) is 0 Å². The van der Waals surface area contributed by atoms with Crippen molar-refractivity contribution in [1.82, 2.24) is 9.88 Å². The molecule has 1 saturated heterocycles. The number of carboxylic acid groups (broad SMARTS) is 1. The molecule has 0 aliphatic carbocycles. The van der Waals surface area contributed by atoms with Gasteiger partial charge in [0.05, 0.1) is 18.9 Å². The van der Waals surface area contributed by atoms with E-state index in [9.17, 15) is 4.79 Å². The van der Waals surface area contributed by atoms with Crippen molar-refractivity contribution < 1.29 is 14.6 Å². The monoisotopic (exact) mass is 332 g/mol. The van der Waals surface area contributed by atoms with Gasteiger partial charge in [-0.05, 0) is 19.4 Å². The van der Waals surface area contributed by atoms with Gasteiger partial charge in [0.15, 0.2) is 0 Å². The van der Waals surface area contributed by atoms with E-state index < -0.39 is 5.97 Å². The Hall–Kier alpha value is -1.76. The van der Waals surface area contributed by atoms with Crippen molar-refractivity contribution >= 4 is 17.3 Å². The molecule has 0 bridgehead atoms. The van der Waals surface area contributed by atoms with E-state index in [4.69, 9.17) is 9.84 Å². The van der Waals surface area contributed by atoms with Gasteiger partial charge in [-0.3, -0.25) is 4.90 Å². The summed E-state index contributed by atoms with van der Waals surface area (Å²) in [6.07, 6.45) is 0. The normalized spacial score (nSPS) is 17.1. The van der Waals surface area contributed by atoms with Crippen molar-refractivity contribution in [2.45, 2.75) is 19.9 Å². The van der Waals surface area contributed by atoms with E-state index >= 15 is 0 Å². The van der Waals surface area contributed by atoms with Gasteiger partial charge in [0, 0.05) is 24.7 Å². The van der Waals surface area contributed by atoms with Gasteiger partial charge in [0.2, 0.25) is 0 Å². The van der Waals surface area contributed by atoms with Crippen molar-refractivity contribution in [3.63, 3.8) is 0 Å². The first-order valence-electron chi connectivity index (χ1n) is 7.69. The van der Waals surface area contributed by atoms with Crippen LogP contribution in [0.15, 0.2) is 24.3 Å². The molecule has 1 aromatic heterocycles. The number of morpholine rings is 1. The highest BCUT2D eigenvalue weighted by Gasteiger charge is 2.19. The van der Waals surface area contributed by atoms with Crippen LogP contribution in [0.4, 0.5) is 0 Å². The summed E-state index contributed by atoms with van der Waals surface area (Å²) in [5.74, 6) is -0.913. The molecule has 1 unspecified atom stereocenters. The van der Waals surface area contributed by atoms with Gasteiger partial charge < -0.3 is 9.84 Å². The van der Waals surface area contributed by atoms with Crippen LogP contribution in [0, 0.1) is 6.92 Å². The lowest BCUT2D eigenvalue weighted by Gasteiger charge is -2.32. The summed E-state index contributed by atoms with van der Waals surface area (Å²) in [6.45, 7) is 7.43. The van der Waals surface area contributed by atoms with Crippen LogP contribution in [0.1, 0.15) is 33.9 Å². The van der Waals surface area contributed by atoms with Gasteiger partial charge in [-0.1, -0.05) is 24.3 Å². The van der Waals surface area contributed by atoms with Gasteiger partial charge in [-0.25, -0.2) is 9.78 Å². The Morgan fingerprint density at radius 1 is 1.30 bits per heavy atom. The first-order valence-corrected chi connectivity index (χ1v) is 8.51. The lowest BCUT2D eigenvalue weighted by atomic mass is 10.0. The molecule has 0 amide bonds. The lowest BCUT2D eigenvalue weighted by Crippen LogP contribution is -2.37. The van der Waals surface area contributed by atoms with Crippen LogP contribution in [0.2, 0.25) is 0 Å². The second-order valence-corrected chi connectivity index (χ2v) is 6.68. The number of rotatable bonds is 4. The van der Waals surface area contributed by atoms with Crippen LogP contribution in [-0.4, -0.2) is 47.3 Å². The number of benzene rings is 1. The fourth-order valence-electron chi connectivity index (χ4n) is 2.80. The van der Waals surface area contributed by atoms with Gasteiger partial charge in [0.1, 0.15) is 9.88 Å². The summed E-state index contributed by atoms with van der Waals surface area (Å²) in [7, 11) is 0. The third kappa shape index (κ3) is 3.44. The maximum absolute atomic E-state index is 11.1. The zero-order chi connectivity index (χ0) is 16.4. The average Bonchev–Trinajstić information content (AvgIpc) is 2.97. The van der Waals surface area contributed by atoms with Gasteiger partial charge in [-0.15, -0.1) is 11.3 Å². The number of aromatic nitrogens is 1. The van der Waals surface area contributed by atoms with Crippen LogP contribution < -0.4 is 0 Å². The van der Waals surface area contributed by atoms with Crippen LogP contribution in [0.5, 0.6) is 0 Å². The smallest absolute Gasteiger partial charge is 0.347 e. The molecule has 0 spiro atoms. The van der Waals surface area contributed by atoms with Crippen molar-refractivity contribution in [3.8, 4) is 10.6 Å². The fourth-order valence-corrected chi connectivity index (χ4v) is 3.71. The maximum atomic E-state index is 11.1. The summed E-state index contributed by atoms with van der Waals surface area (Å²) >= 11 is 1.23. The van der Waals surface area contributed by atoms with Crippen LogP contribution >= 0.6 is 11.3 Å². The summed E-state index contributed by atoms with van der Waals surface area (Å²) in [4.78, 5) is 18.2. The molecule has 1 aliphatic rings. The molecule has 2 aromatic rings. The molecule has 6 heteroatoms. The number of aromatic carboxylic acids is 1. The van der Waals surface area contributed by atoms with Crippen molar-refractivity contribution in [1.29, 1.82) is 0 Å². The average molecular weight is 332 g/mol. The van der Waals surface area contributed by atoms with E-state index in [2.05, 4.69) is 28.9 Å². The van der Waals surface area contributed by atoms with Crippen LogP contribution in [0.25, 0.3) is 10.6 Å². The molecule has 1 aliphatic heterocycles. The van der Waals surface area contributed by atoms with Crippen LogP contribution in [0.3, 0.4) is 0 Å². The molecule has 23 heavy (non-hydrogen) atoms. The molecule has 2 heterocycles. The van der Waals surface area contributed by atoms with Crippen LogP contribution in [-0.2, 0) is 4.74 Å². The van der Waals surface area contributed by atoms with E-state index in [1.54, 1.807) is 6.92 Å². The second kappa shape index (κ2) is 6.78. The van der Waals surface area contributed by atoms with Gasteiger partial charge >= 0.3 is 5.97 Å². The highest BCUT2D eigenvalue weighted by molar-refractivity contribution is 7.17. The maximum Gasteiger partial charge on any atom is 0.347 e. The predicted octanol–water partition coefficient (Wildman–Crippen LogP) is 3.21. The van der Waals surface area contributed by atoms with E-state index in [0.717, 1.165) is 36.9 Å². The van der Waals surface area contributed by atoms with E-state index in [1.165, 1.54) is 16.9 Å². The Bertz CT molecular complexity index is 690. The molecule has 1 fully saturated rings. The Balaban J connectivity index is 1.79. The molecule has 122 valence electrons. The standard InChI is InChI=1S/C17H20N2O3S/c1-11-15(17(20)21)23-16(18-11)14-5-3-13(4-6-14)12(2)19-7-9-22-10-8-19/h3-6,12H,7-10H2,1-2H3,(H,20,21). The van der Waals surface area contributed by atoms with Gasteiger partial charge in [-0.2, -0.15) is 0 Å². The third-order valence-corrected chi connectivity index (χ3v) is 5.42. The van der Waals surface area contributed by atoms with E-state index in [0.29, 0.717) is 16.6 Å².